The minimum atomic E-state index is -2.03. The highest BCUT2D eigenvalue weighted by atomic mass is 16.9. The molecule has 3 fully saturated rings. The van der Waals surface area contributed by atoms with Gasteiger partial charge < -0.3 is 63.6 Å². The highest BCUT2D eigenvalue weighted by molar-refractivity contribution is 5.83. The van der Waals surface area contributed by atoms with Gasteiger partial charge in [0.15, 0.2) is 12.1 Å². The lowest BCUT2D eigenvalue weighted by Gasteiger charge is -2.49. The largest absolute Gasteiger partial charge is 0.459 e. The molecule has 3 aliphatic heterocycles. The zero-order chi connectivity index (χ0) is 47.9. The Bertz CT molecular complexity index is 1660. The molecule has 18 atom stereocenters. The molecule has 3 saturated heterocycles. The number of hydrogen-bond donors (Lipinski definition) is 5. The lowest BCUT2D eigenvalue weighted by molar-refractivity contribution is -0.454. The number of methoxy groups -OCH3 is 2. The number of Topliss-reactive ketones (excluding diaryl/α,β-unsaturated/α-hetero) is 1. The van der Waals surface area contributed by atoms with Crippen LogP contribution in [-0.4, -0.2) is 162 Å². The summed E-state index contributed by atoms with van der Waals surface area (Å²) < 4.78 is 55.0. The van der Waals surface area contributed by atoms with E-state index in [0.29, 0.717) is 13.0 Å². The minimum Gasteiger partial charge on any atom is -0.459 e. The lowest BCUT2D eigenvalue weighted by Crippen LogP contribution is -2.62. The first-order valence-electron chi connectivity index (χ1n) is 22.5. The van der Waals surface area contributed by atoms with Crippen molar-refractivity contribution in [2.75, 3.05) is 34.4 Å². The zero-order valence-corrected chi connectivity index (χ0v) is 39.9. The number of hydrogen-bond acceptors (Lipinski definition) is 17. The maximum atomic E-state index is 14.3. The van der Waals surface area contributed by atoms with E-state index in [1.807, 2.05) is 49.2 Å². The van der Waals surface area contributed by atoms with Gasteiger partial charge in [-0.25, -0.2) is 4.79 Å². The van der Waals surface area contributed by atoms with Gasteiger partial charge in [-0.2, -0.15) is 0 Å². The summed E-state index contributed by atoms with van der Waals surface area (Å²) >= 11 is 0. The number of aliphatic hydroxyl groups excluding tert-OH is 3. The van der Waals surface area contributed by atoms with Crippen LogP contribution >= 0.6 is 0 Å². The van der Waals surface area contributed by atoms with Crippen LogP contribution in [0.15, 0.2) is 30.3 Å². The number of nitrogens with one attached hydrogen (secondary N) is 1. The second kappa shape index (κ2) is 22.8. The number of alkyl carbamates (subject to hydrolysis) is 1. The normalized spacial score (nSPS) is 41.8. The Labute approximate surface area is 378 Å². The molecule has 3 heterocycles. The number of benzene rings is 1. The van der Waals surface area contributed by atoms with E-state index in [1.54, 1.807) is 41.5 Å². The number of likely N-dealkylation sites (N-methyl/N-ethyl adjacent to an activating group) is 1. The average Bonchev–Trinajstić information content (AvgIpc) is 3.26. The van der Waals surface area contributed by atoms with E-state index in [4.69, 9.17) is 42.6 Å². The van der Waals surface area contributed by atoms with Crippen molar-refractivity contribution in [1.82, 2.24) is 10.2 Å². The Morgan fingerprint density at radius 3 is 2.19 bits per heavy atom. The number of ether oxygens (including phenoxy) is 9. The van der Waals surface area contributed by atoms with Crippen molar-refractivity contribution in [2.24, 2.45) is 23.7 Å². The van der Waals surface area contributed by atoms with Crippen molar-refractivity contribution in [3.05, 3.63) is 35.9 Å². The molecule has 0 radical (unpaired) electrons. The Morgan fingerprint density at radius 2 is 1.58 bits per heavy atom. The van der Waals surface area contributed by atoms with Crippen LogP contribution in [-0.2, 0) is 58.8 Å². The molecule has 0 spiro atoms. The van der Waals surface area contributed by atoms with E-state index in [-0.39, 0.29) is 31.8 Å². The van der Waals surface area contributed by atoms with Crippen molar-refractivity contribution in [3.63, 3.8) is 0 Å². The number of ketones is 1. The van der Waals surface area contributed by atoms with Crippen molar-refractivity contribution in [2.45, 2.75) is 180 Å². The quantitative estimate of drug-likeness (QED) is 0.179. The highest BCUT2D eigenvalue weighted by Gasteiger charge is 2.54. The number of amides is 1. The molecule has 0 aromatic heterocycles. The molecule has 366 valence electrons. The highest BCUT2D eigenvalue weighted by Crippen LogP contribution is 2.41. The number of aliphatic hydroxyl groups is 4. The Balaban J connectivity index is 1.71. The summed E-state index contributed by atoms with van der Waals surface area (Å²) in [6.45, 7) is 15.5. The fourth-order valence-corrected chi connectivity index (χ4v) is 9.34. The fraction of sp³-hybridized carbons (Fsp3) is 0.804. The van der Waals surface area contributed by atoms with Gasteiger partial charge in [0.1, 0.15) is 36.3 Å². The van der Waals surface area contributed by atoms with E-state index in [9.17, 15) is 34.8 Å². The van der Waals surface area contributed by atoms with Crippen LogP contribution in [0.25, 0.3) is 0 Å². The van der Waals surface area contributed by atoms with Crippen molar-refractivity contribution < 1.29 is 77.4 Å². The van der Waals surface area contributed by atoms with Gasteiger partial charge in [-0.15, -0.1) is 0 Å². The second-order valence-corrected chi connectivity index (χ2v) is 18.6. The monoisotopic (exact) mass is 913 g/mol. The van der Waals surface area contributed by atoms with Crippen LogP contribution in [0.4, 0.5) is 4.79 Å². The average molecular weight is 913 g/mol. The number of rotatable bonds is 13. The van der Waals surface area contributed by atoms with Gasteiger partial charge >= 0.3 is 12.1 Å². The van der Waals surface area contributed by atoms with E-state index < -0.39 is 120 Å². The molecule has 18 nitrogen and oxygen atoms in total. The van der Waals surface area contributed by atoms with Gasteiger partial charge in [-0.3, -0.25) is 19.2 Å². The van der Waals surface area contributed by atoms with E-state index in [2.05, 4.69) is 5.32 Å². The van der Waals surface area contributed by atoms with Crippen molar-refractivity contribution in [3.8, 4) is 0 Å². The first-order valence-corrected chi connectivity index (χ1v) is 22.5. The molecule has 18 heteroatoms. The fourth-order valence-electron chi connectivity index (χ4n) is 9.34. The summed E-state index contributed by atoms with van der Waals surface area (Å²) in [4.78, 5) is 42.9. The van der Waals surface area contributed by atoms with Gasteiger partial charge in [0, 0.05) is 51.1 Å². The topological polar surface area (TPSA) is 230 Å². The van der Waals surface area contributed by atoms with Gasteiger partial charge in [-0.1, -0.05) is 58.0 Å². The van der Waals surface area contributed by atoms with Crippen LogP contribution in [0.2, 0.25) is 0 Å². The SMILES string of the molecule is CC[C@H]1OC(=O)[C@H](C)[C@@H](O[C@@H]2O[C@@H](C)[C@H](O)[C@](C)(OC)O2)[C@H](C)[C@@H](O[C@@H]2O[C@H](C)C[C@H](N(C)CCNC(=O)OCc3ccccc3)[C@H]2O)[C@@](C)(OC)C[C@@H](C)C(=O)[C@H](C)[C@@H](O)[C@]1(C)O. The molecule has 0 aliphatic carbocycles. The molecular weight excluding hydrogens is 837 g/mol. The first-order chi connectivity index (χ1) is 29.9. The molecule has 4 rings (SSSR count). The van der Waals surface area contributed by atoms with E-state index in [0.717, 1.165) is 5.56 Å². The molecule has 5 N–H and O–H groups in total. The number of carbonyl (C=O) groups is 3. The van der Waals surface area contributed by atoms with Crippen LogP contribution in [0, 0.1) is 23.7 Å². The molecule has 0 unspecified atom stereocenters. The van der Waals surface area contributed by atoms with E-state index >= 15 is 0 Å². The van der Waals surface area contributed by atoms with Crippen LogP contribution < -0.4 is 5.32 Å². The number of esters is 1. The lowest BCUT2D eigenvalue weighted by atomic mass is 9.74. The molecule has 64 heavy (non-hydrogen) atoms. The van der Waals surface area contributed by atoms with Gasteiger partial charge in [0.25, 0.3) is 6.48 Å². The van der Waals surface area contributed by atoms with Crippen LogP contribution in [0.1, 0.15) is 94.1 Å². The predicted octanol–water partition coefficient (Wildman–Crippen LogP) is 3.28. The third-order valence-corrected chi connectivity index (χ3v) is 13.6. The molecular formula is C46H76N2O16. The van der Waals surface area contributed by atoms with Crippen LogP contribution in [0.5, 0.6) is 0 Å². The molecule has 0 saturated carbocycles. The first kappa shape index (κ1) is 53.8. The summed E-state index contributed by atoms with van der Waals surface area (Å²) in [5.41, 5.74) is -2.55. The second-order valence-electron chi connectivity index (χ2n) is 18.6. The molecule has 1 amide bonds. The predicted molar refractivity (Wildman–Crippen MR) is 231 cm³/mol. The standard InChI is InChI=1S/C46H76N2O16/c1-14-33-45(9,55)37(51)27(4)34(49)25(2)23-44(8,56-12)39(28(5)36(29(6)40(53)61-33)62-43-60-30(7)38(52)46(10,57-13)64-43)63-41-35(50)32(22-26(3)59-41)48(11)21-20-47-42(54)58-24-31-18-16-15-17-19-31/h15-19,25-30,32-33,35-39,41,43,50-52,55H,14,20-24H2,1-13H3,(H,47,54)/t25-,26-,27+,28+,29-,30+,32+,33-,35-,36+,37-,38+,39-,41+,43+,44+,45-,46-/m1/s1. The maximum absolute atomic E-state index is 14.3. The summed E-state index contributed by atoms with van der Waals surface area (Å²) in [5, 5.41) is 49.0. The number of carbonyl (C=O) groups excluding carboxylic acids is 3. The molecule has 0 bridgehead atoms. The molecule has 1 aromatic carbocycles. The van der Waals surface area contributed by atoms with Gasteiger partial charge in [0.05, 0.1) is 42.0 Å². The summed E-state index contributed by atoms with van der Waals surface area (Å²) in [6.07, 6.45) is -10.2. The minimum absolute atomic E-state index is 0.0223. The Hall–Kier alpha value is -2.85. The van der Waals surface area contributed by atoms with Gasteiger partial charge in [0.2, 0.25) is 0 Å². The van der Waals surface area contributed by atoms with Crippen molar-refractivity contribution in [1.29, 1.82) is 0 Å². The number of nitrogens with zero attached hydrogens (tertiary/aromatic N) is 1. The summed E-state index contributed by atoms with van der Waals surface area (Å²) in [5.74, 6) is -6.63. The summed E-state index contributed by atoms with van der Waals surface area (Å²) in [6, 6.07) is 8.81. The zero-order valence-electron chi connectivity index (χ0n) is 39.9. The third kappa shape index (κ3) is 12.6. The maximum Gasteiger partial charge on any atom is 0.407 e. The van der Waals surface area contributed by atoms with E-state index in [1.165, 1.54) is 35.0 Å². The molecule has 1 aromatic rings. The van der Waals surface area contributed by atoms with Crippen LogP contribution in [0.3, 0.4) is 0 Å². The summed E-state index contributed by atoms with van der Waals surface area (Å²) in [7, 11) is 4.64. The van der Waals surface area contributed by atoms with Gasteiger partial charge in [-0.05, 0) is 73.4 Å². The van der Waals surface area contributed by atoms with Crippen molar-refractivity contribution >= 4 is 17.8 Å². The smallest absolute Gasteiger partial charge is 0.407 e. The third-order valence-electron chi connectivity index (χ3n) is 13.6. The Morgan fingerprint density at radius 1 is 0.922 bits per heavy atom. The number of cyclic esters (lactones) is 1. The Kier molecular flexibility index (Phi) is 19.1. The molecule has 3 aliphatic rings.